The highest BCUT2D eigenvalue weighted by Gasteiger charge is 2.25. The first kappa shape index (κ1) is 14.4. The molecule has 0 saturated heterocycles. The Morgan fingerprint density at radius 2 is 2.20 bits per heavy atom. The van der Waals surface area contributed by atoms with E-state index in [4.69, 9.17) is 0 Å². The molecule has 1 atom stereocenters. The topological polar surface area (TPSA) is 53.9 Å². The quantitative estimate of drug-likeness (QED) is 0.928. The first-order valence-electron chi connectivity index (χ1n) is 6.79. The van der Waals surface area contributed by atoms with Gasteiger partial charge in [0.15, 0.2) is 0 Å². The van der Waals surface area contributed by atoms with Gasteiger partial charge in [-0.2, -0.15) is 5.10 Å². The standard InChI is InChI=1S/C15H22N4O/c1-10(14-11(2)17-19(5)12(14)3)15(20)18(4)9-13-7-6-8-16-13/h6-8,10,16H,9H2,1-5H3. The third-order valence-corrected chi connectivity index (χ3v) is 3.81. The lowest BCUT2D eigenvalue weighted by Crippen LogP contribution is -2.30. The summed E-state index contributed by atoms with van der Waals surface area (Å²) in [7, 11) is 3.74. The number of likely N-dealkylation sites (N-methyl/N-ethyl adjacent to an activating group) is 1. The van der Waals surface area contributed by atoms with Gasteiger partial charge >= 0.3 is 0 Å². The summed E-state index contributed by atoms with van der Waals surface area (Å²) in [6.45, 7) is 6.50. The van der Waals surface area contributed by atoms with Crippen LogP contribution in [0, 0.1) is 13.8 Å². The molecule has 108 valence electrons. The molecule has 1 amide bonds. The number of rotatable bonds is 4. The molecule has 2 heterocycles. The van der Waals surface area contributed by atoms with Crippen LogP contribution in [0.1, 0.15) is 35.5 Å². The number of hydrogen-bond donors (Lipinski definition) is 1. The molecule has 0 bridgehead atoms. The monoisotopic (exact) mass is 274 g/mol. The molecule has 2 aromatic rings. The number of carbonyl (C=O) groups is 1. The van der Waals surface area contributed by atoms with E-state index in [1.54, 1.807) is 4.90 Å². The molecule has 5 nitrogen and oxygen atoms in total. The van der Waals surface area contributed by atoms with Crippen LogP contribution in [0.5, 0.6) is 0 Å². The molecule has 1 N–H and O–H groups in total. The Bertz CT molecular complexity index is 598. The average molecular weight is 274 g/mol. The third kappa shape index (κ3) is 2.61. The van der Waals surface area contributed by atoms with Gasteiger partial charge in [0.1, 0.15) is 0 Å². The van der Waals surface area contributed by atoms with Crippen LogP contribution in [0.3, 0.4) is 0 Å². The maximum absolute atomic E-state index is 12.6. The van der Waals surface area contributed by atoms with Crippen LogP contribution >= 0.6 is 0 Å². The minimum atomic E-state index is -0.177. The lowest BCUT2D eigenvalue weighted by atomic mass is 9.97. The van der Waals surface area contributed by atoms with Crippen LogP contribution < -0.4 is 0 Å². The molecule has 0 aliphatic heterocycles. The zero-order valence-electron chi connectivity index (χ0n) is 12.8. The van der Waals surface area contributed by atoms with E-state index in [1.807, 2.05) is 57.9 Å². The highest BCUT2D eigenvalue weighted by molar-refractivity contribution is 5.83. The SMILES string of the molecule is Cc1nn(C)c(C)c1C(C)C(=O)N(C)Cc1ccc[nH]1. The van der Waals surface area contributed by atoms with Gasteiger partial charge in [-0.25, -0.2) is 0 Å². The molecule has 0 aromatic carbocycles. The van der Waals surface area contributed by atoms with E-state index in [0.29, 0.717) is 6.54 Å². The number of H-pyrrole nitrogens is 1. The average Bonchev–Trinajstić information content (AvgIpc) is 2.97. The van der Waals surface area contributed by atoms with Crippen LogP contribution in [-0.2, 0) is 18.4 Å². The van der Waals surface area contributed by atoms with Gasteiger partial charge in [-0.15, -0.1) is 0 Å². The Kier molecular flexibility index (Phi) is 3.97. The summed E-state index contributed by atoms with van der Waals surface area (Å²) in [5, 5.41) is 4.39. The highest BCUT2D eigenvalue weighted by atomic mass is 16.2. The predicted octanol–water partition coefficient (Wildman–Crippen LogP) is 2.13. The lowest BCUT2D eigenvalue weighted by molar-refractivity contribution is -0.131. The summed E-state index contributed by atoms with van der Waals surface area (Å²) in [5.74, 6) is -0.0672. The van der Waals surface area contributed by atoms with Gasteiger partial charge in [0.2, 0.25) is 5.91 Å². The molecular formula is C15H22N4O. The van der Waals surface area contributed by atoms with Gasteiger partial charge in [0.25, 0.3) is 0 Å². The fraction of sp³-hybridized carbons (Fsp3) is 0.467. The molecule has 0 aliphatic rings. The third-order valence-electron chi connectivity index (χ3n) is 3.81. The Hall–Kier alpha value is -2.04. The number of aryl methyl sites for hydroxylation is 2. The van der Waals surface area contributed by atoms with E-state index in [2.05, 4.69) is 10.1 Å². The number of amides is 1. The number of nitrogens with one attached hydrogen (secondary N) is 1. The van der Waals surface area contributed by atoms with Crippen molar-refractivity contribution in [2.75, 3.05) is 7.05 Å². The van der Waals surface area contributed by atoms with E-state index in [0.717, 1.165) is 22.6 Å². The second-order valence-corrected chi connectivity index (χ2v) is 5.32. The molecule has 2 rings (SSSR count). The molecular weight excluding hydrogens is 252 g/mol. The van der Waals surface area contributed by atoms with Crippen LogP contribution in [0.4, 0.5) is 0 Å². The van der Waals surface area contributed by atoms with Crippen molar-refractivity contribution in [3.8, 4) is 0 Å². The molecule has 20 heavy (non-hydrogen) atoms. The normalized spacial score (nSPS) is 12.4. The minimum Gasteiger partial charge on any atom is -0.364 e. The summed E-state index contributed by atoms with van der Waals surface area (Å²) in [5.41, 5.74) is 4.05. The summed E-state index contributed by atoms with van der Waals surface area (Å²) in [6, 6.07) is 3.92. The van der Waals surface area contributed by atoms with E-state index in [-0.39, 0.29) is 11.8 Å². The van der Waals surface area contributed by atoms with Crippen LogP contribution in [0.25, 0.3) is 0 Å². The number of aromatic nitrogens is 3. The van der Waals surface area contributed by atoms with Gasteiger partial charge in [0.05, 0.1) is 18.2 Å². The van der Waals surface area contributed by atoms with Crippen molar-refractivity contribution in [3.05, 3.63) is 41.0 Å². The Labute approximate surface area is 119 Å². The number of nitrogens with zero attached hydrogens (tertiary/aromatic N) is 3. The van der Waals surface area contributed by atoms with Gasteiger partial charge in [0, 0.05) is 37.2 Å². The maximum Gasteiger partial charge on any atom is 0.230 e. The molecule has 0 radical (unpaired) electrons. The van der Waals surface area contributed by atoms with E-state index < -0.39 is 0 Å². The zero-order valence-corrected chi connectivity index (χ0v) is 12.8. The smallest absolute Gasteiger partial charge is 0.230 e. The largest absolute Gasteiger partial charge is 0.364 e. The number of hydrogen-bond acceptors (Lipinski definition) is 2. The van der Waals surface area contributed by atoms with Crippen molar-refractivity contribution in [2.24, 2.45) is 7.05 Å². The van der Waals surface area contributed by atoms with Crippen LogP contribution in [0.15, 0.2) is 18.3 Å². The van der Waals surface area contributed by atoms with Crippen LogP contribution in [-0.4, -0.2) is 32.6 Å². The summed E-state index contributed by atoms with van der Waals surface area (Å²) in [4.78, 5) is 17.4. The summed E-state index contributed by atoms with van der Waals surface area (Å²) < 4.78 is 1.83. The molecule has 0 fully saturated rings. The van der Waals surface area contributed by atoms with Crippen molar-refractivity contribution in [1.82, 2.24) is 19.7 Å². The lowest BCUT2D eigenvalue weighted by Gasteiger charge is -2.21. The Balaban J connectivity index is 2.15. The minimum absolute atomic E-state index is 0.110. The van der Waals surface area contributed by atoms with Gasteiger partial charge in [-0.3, -0.25) is 9.48 Å². The Morgan fingerprint density at radius 3 is 2.70 bits per heavy atom. The number of aromatic amines is 1. The first-order valence-corrected chi connectivity index (χ1v) is 6.79. The van der Waals surface area contributed by atoms with E-state index in [9.17, 15) is 4.79 Å². The van der Waals surface area contributed by atoms with Crippen molar-refractivity contribution in [1.29, 1.82) is 0 Å². The van der Waals surface area contributed by atoms with Gasteiger partial charge in [-0.05, 0) is 32.9 Å². The first-order chi connectivity index (χ1) is 9.41. The van der Waals surface area contributed by atoms with Gasteiger partial charge in [-0.1, -0.05) is 0 Å². The maximum atomic E-state index is 12.6. The van der Waals surface area contributed by atoms with Crippen molar-refractivity contribution in [3.63, 3.8) is 0 Å². The molecule has 5 heteroatoms. The second kappa shape index (κ2) is 5.53. The fourth-order valence-electron chi connectivity index (χ4n) is 2.67. The van der Waals surface area contributed by atoms with Crippen molar-refractivity contribution in [2.45, 2.75) is 33.2 Å². The van der Waals surface area contributed by atoms with Crippen molar-refractivity contribution >= 4 is 5.91 Å². The molecule has 0 spiro atoms. The molecule has 0 aliphatic carbocycles. The van der Waals surface area contributed by atoms with Gasteiger partial charge < -0.3 is 9.88 Å². The predicted molar refractivity (Wildman–Crippen MR) is 78.4 cm³/mol. The molecule has 2 aromatic heterocycles. The van der Waals surface area contributed by atoms with E-state index in [1.165, 1.54) is 0 Å². The highest BCUT2D eigenvalue weighted by Crippen LogP contribution is 2.24. The van der Waals surface area contributed by atoms with Crippen molar-refractivity contribution < 1.29 is 4.79 Å². The van der Waals surface area contributed by atoms with E-state index >= 15 is 0 Å². The summed E-state index contributed by atoms with van der Waals surface area (Å²) in [6.07, 6.45) is 1.87. The fourth-order valence-corrected chi connectivity index (χ4v) is 2.67. The second-order valence-electron chi connectivity index (χ2n) is 5.32. The molecule has 0 saturated carbocycles. The summed E-state index contributed by atoms with van der Waals surface area (Å²) >= 11 is 0. The number of carbonyl (C=O) groups excluding carboxylic acids is 1. The Morgan fingerprint density at radius 1 is 1.50 bits per heavy atom. The zero-order chi connectivity index (χ0) is 14.9. The van der Waals surface area contributed by atoms with Crippen LogP contribution in [0.2, 0.25) is 0 Å². The molecule has 1 unspecified atom stereocenters.